The van der Waals surface area contributed by atoms with Gasteiger partial charge in [0.25, 0.3) is 5.56 Å². The van der Waals surface area contributed by atoms with Crippen LogP contribution in [-0.2, 0) is 16.0 Å². The van der Waals surface area contributed by atoms with Crippen LogP contribution in [0.1, 0.15) is 36.8 Å². The maximum Gasteiger partial charge on any atom is 0.410 e. The fraction of sp³-hybridized carbons (Fsp3) is 0.412. The molecule has 0 radical (unpaired) electrons. The number of carbonyl (C=O) groups excluding carboxylic acids is 2. The summed E-state index contributed by atoms with van der Waals surface area (Å²) >= 11 is 5.74. The molecule has 0 aromatic carbocycles. The van der Waals surface area contributed by atoms with E-state index in [2.05, 4.69) is 14.7 Å². The van der Waals surface area contributed by atoms with E-state index >= 15 is 0 Å². The lowest BCUT2D eigenvalue weighted by atomic mass is 10.0. The molecule has 0 bridgehead atoms. The van der Waals surface area contributed by atoms with E-state index in [4.69, 9.17) is 16.3 Å². The minimum Gasteiger partial charge on any atom is -0.464 e. The smallest absolute Gasteiger partial charge is 0.410 e. The predicted molar refractivity (Wildman–Crippen MR) is 96.4 cm³/mol. The lowest BCUT2D eigenvalue weighted by Crippen LogP contribution is -2.34. The molecule has 27 heavy (non-hydrogen) atoms. The van der Waals surface area contributed by atoms with Gasteiger partial charge in [0.2, 0.25) is 0 Å². The van der Waals surface area contributed by atoms with Crippen molar-refractivity contribution >= 4 is 34.4 Å². The molecule has 8 nitrogen and oxygen atoms in total. The van der Waals surface area contributed by atoms with Gasteiger partial charge in [-0.25, -0.2) is 19.0 Å². The number of amides is 1. The van der Waals surface area contributed by atoms with E-state index < -0.39 is 34.2 Å². The molecule has 0 aliphatic heterocycles. The highest BCUT2D eigenvalue weighted by molar-refractivity contribution is 6.30. The van der Waals surface area contributed by atoms with Crippen LogP contribution in [0.4, 0.5) is 9.18 Å². The molecule has 2 heterocycles. The van der Waals surface area contributed by atoms with Gasteiger partial charge in [0, 0.05) is 24.2 Å². The van der Waals surface area contributed by atoms with Crippen LogP contribution in [0.3, 0.4) is 0 Å². The van der Waals surface area contributed by atoms with Gasteiger partial charge in [-0.3, -0.25) is 4.79 Å². The summed E-state index contributed by atoms with van der Waals surface area (Å²) in [4.78, 5) is 43.7. The fourth-order valence-corrected chi connectivity index (χ4v) is 2.53. The van der Waals surface area contributed by atoms with Crippen LogP contribution in [0.5, 0.6) is 0 Å². The number of hydrogen-bond acceptors (Lipinski definition) is 6. The zero-order chi connectivity index (χ0) is 20.5. The van der Waals surface area contributed by atoms with E-state index in [-0.39, 0.29) is 28.6 Å². The number of pyridine rings is 2. The van der Waals surface area contributed by atoms with Crippen LogP contribution in [0, 0.1) is 5.82 Å². The van der Waals surface area contributed by atoms with E-state index in [1.165, 1.54) is 7.05 Å². The minimum absolute atomic E-state index is 0.0200. The average molecular weight is 400 g/mol. The Bertz CT molecular complexity index is 968. The van der Waals surface area contributed by atoms with Crippen LogP contribution in [0.25, 0.3) is 10.8 Å². The van der Waals surface area contributed by atoms with Gasteiger partial charge in [0.1, 0.15) is 11.3 Å². The highest BCUT2D eigenvalue weighted by Crippen LogP contribution is 2.27. The molecule has 10 heteroatoms. The number of rotatable bonds is 3. The van der Waals surface area contributed by atoms with E-state index in [1.54, 1.807) is 20.8 Å². The quantitative estimate of drug-likeness (QED) is 0.629. The first-order chi connectivity index (χ1) is 12.5. The molecule has 0 saturated carbocycles. The van der Waals surface area contributed by atoms with Crippen molar-refractivity contribution in [2.24, 2.45) is 0 Å². The van der Waals surface area contributed by atoms with Crippen molar-refractivity contribution in [2.45, 2.75) is 32.9 Å². The van der Waals surface area contributed by atoms with Crippen molar-refractivity contribution in [2.75, 3.05) is 14.2 Å². The van der Waals surface area contributed by atoms with E-state index in [1.807, 2.05) is 0 Å². The lowest BCUT2D eigenvalue weighted by molar-refractivity contribution is 0.0282. The molecule has 1 N–H and O–H groups in total. The Morgan fingerprint density at radius 2 is 2.00 bits per heavy atom. The monoisotopic (exact) mass is 399 g/mol. The topological polar surface area (TPSA) is 102 Å². The summed E-state index contributed by atoms with van der Waals surface area (Å²) in [6.07, 6.45) is 0.399. The Balaban J connectivity index is 2.67. The Morgan fingerprint density at radius 1 is 1.37 bits per heavy atom. The molecule has 0 aliphatic carbocycles. The Kier molecular flexibility index (Phi) is 5.74. The van der Waals surface area contributed by atoms with Crippen molar-refractivity contribution in [3.63, 3.8) is 0 Å². The largest absolute Gasteiger partial charge is 0.464 e. The third-order valence-electron chi connectivity index (χ3n) is 3.55. The Morgan fingerprint density at radius 3 is 2.56 bits per heavy atom. The summed E-state index contributed by atoms with van der Waals surface area (Å²) in [7, 11) is 2.52. The molecular formula is C17H19ClFN3O5. The van der Waals surface area contributed by atoms with E-state index in [9.17, 15) is 18.8 Å². The molecule has 146 valence electrons. The third kappa shape index (κ3) is 4.36. The number of hydrogen-bond donors (Lipinski definition) is 1. The number of halogens is 2. The Labute approximate surface area is 159 Å². The second kappa shape index (κ2) is 7.51. The van der Waals surface area contributed by atoms with Crippen molar-refractivity contribution < 1.29 is 23.5 Å². The van der Waals surface area contributed by atoms with Crippen LogP contribution in [-0.4, -0.2) is 46.7 Å². The van der Waals surface area contributed by atoms with Crippen molar-refractivity contribution in [1.82, 2.24) is 14.9 Å². The predicted octanol–water partition coefficient (Wildman–Crippen LogP) is 2.87. The highest BCUT2D eigenvalue weighted by Gasteiger charge is 2.26. The summed E-state index contributed by atoms with van der Waals surface area (Å²) in [5.41, 5.74) is -1.75. The van der Waals surface area contributed by atoms with Crippen LogP contribution in [0.2, 0.25) is 5.15 Å². The lowest BCUT2D eigenvalue weighted by Gasteiger charge is -2.25. The number of aromatic amines is 1. The molecule has 1 amide bonds. The molecule has 0 atom stereocenters. The first kappa shape index (κ1) is 20.6. The van der Waals surface area contributed by atoms with E-state index in [0.29, 0.717) is 0 Å². The number of nitrogens with one attached hydrogen (secondary N) is 1. The molecule has 0 fully saturated rings. The maximum absolute atomic E-state index is 14.7. The van der Waals surface area contributed by atoms with Gasteiger partial charge < -0.3 is 19.4 Å². The molecule has 2 rings (SSSR count). The summed E-state index contributed by atoms with van der Waals surface area (Å²) < 4.78 is 24.6. The fourth-order valence-electron chi connectivity index (χ4n) is 2.39. The molecular weight excluding hydrogens is 381 g/mol. The SMILES string of the molecule is COC(=O)c1[nH]c(=O)c2cnc(Cl)c(F)c2c1CN(C)C(=O)OC(C)(C)C. The molecule has 2 aromatic rings. The number of fused-ring (bicyclic) bond motifs is 1. The van der Waals surface area contributed by atoms with Crippen LogP contribution in [0.15, 0.2) is 11.0 Å². The van der Waals surface area contributed by atoms with Gasteiger partial charge >= 0.3 is 12.1 Å². The third-order valence-corrected chi connectivity index (χ3v) is 3.82. The number of H-pyrrole nitrogens is 1. The van der Waals surface area contributed by atoms with Crippen LogP contribution >= 0.6 is 11.6 Å². The highest BCUT2D eigenvalue weighted by atomic mass is 35.5. The average Bonchev–Trinajstić information content (AvgIpc) is 2.57. The normalized spacial score (nSPS) is 11.4. The van der Waals surface area contributed by atoms with Gasteiger partial charge in [-0.2, -0.15) is 0 Å². The van der Waals surface area contributed by atoms with Crippen molar-refractivity contribution in [3.8, 4) is 0 Å². The first-order valence-corrected chi connectivity index (χ1v) is 8.25. The zero-order valence-electron chi connectivity index (χ0n) is 15.5. The van der Waals surface area contributed by atoms with Gasteiger partial charge in [-0.1, -0.05) is 11.6 Å². The number of ether oxygens (including phenoxy) is 2. The van der Waals surface area contributed by atoms with Gasteiger partial charge in [-0.05, 0) is 20.8 Å². The molecule has 0 aliphatic rings. The number of esters is 1. The molecule has 0 spiro atoms. The number of aromatic nitrogens is 2. The molecule has 0 saturated heterocycles. The van der Waals surface area contributed by atoms with Crippen molar-refractivity contribution in [3.05, 3.63) is 38.8 Å². The standard InChI is InChI=1S/C17H19ClFN3O5/c1-17(2,3)27-16(25)22(4)7-9-10-8(6-20-13(18)11(10)19)14(23)21-12(9)15(24)26-5/h6H,7H2,1-5H3,(H,21,23). The van der Waals surface area contributed by atoms with Gasteiger partial charge in [0.05, 0.1) is 19.0 Å². The summed E-state index contributed by atoms with van der Waals surface area (Å²) in [6, 6.07) is 0. The van der Waals surface area contributed by atoms with Crippen molar-refractivity contribution in [1.29, 1.82) is 0 Å². The van der Waals surface area contributed by atoms with Gasteiger partial charge in [-0.15, -0.1) is 0 Å². The molecule has 0 unspecified atom stereocenters. The summed E-state index contributed by atoms with van der Waals surface area (Å²) in [5, 5.41) is -0.795. The van der Waals surface area contributed by atoms with Gasteiger partial charge in [0.15, 0.2) is 11.0 Å². The van der Waals surface area contributed by atoms with Crippen LogP contribution < -0.4 is 5.56 Å². The number of nitrogens with zero attached hydrogens (tertiary/aromatic N) is 2. The second-order valence-electron chi connectivity index (χ2n) is 6.79. The maximum atomic E-state index is 14.7. The zero-order valence-corrected chi connectivity index (χ0v) is 16.2. The number of methoxy groups -OCH3 is 1. The number of carbonyl (C=O) groups is 2. The first-order valence-electron chi connectivity index (χ1n) is 7.87. The Hall–Kier alpha value is -2.68. The van der Waals surface area contributed by atoms with E-state index in [0.717, 1.165) is 18.2 Å². The molecule has 2 aromatic heterocycles. The minimum atomic E-state index is -0.974. The summed E-state index contributed by atoms with van der Waals surface area (Å²) in [6.45, 7) is 4.83. The summed E-state index contributed by atoms with van der Waals surface area (Å²) in [5.74, 6) is -1.87. The second-order valence-corrected chi connectivity index (χ2v) is 7.15.